The van der Waals surface area contributed by atoms with Crippen LogP contribution < -0.4 is 10.2 Å². The Morgan fingerprint density at radius 1 is 1.12 bits per heavy atom. The first-order chi connectivity index (χ1) is 14.9. The second-order valence-corrected chi connectivity index (χ2v) is 12.8. The Balaban J connectivity index is 1.41. The van der Waals surface area contributed by atoms with Gasteiger partial charge in [0.15, 0.2) is 9.84 Å². The van der Waals surface area contributed by atoms with Crippen LogP contribution in [-0.2, 0) is 28.9 Å². The fourth-order valence-electron chi connectivity index (χ4n) is 4.91. The Hall–Kier alpha value is -1.79. The number of anilines is 1. The third-order valence-electron chi connectivity index (χ3n) is 6.57. The number of piperidine rings is 1. The van der Waals surface area contributed by atoms with E-state index in [0.29, 0.717) is 25.9 Å². The van der Waals surface area contributed by atoms with Crippen molar-refractivity contribution in [3.8, 4) is 0 Å². The first-order valence-corrected chi connectivity index (χ1v) is 14.1. The van der Waals surface area contributed by atoms with Crippen molar-refractivity contribution in [1.29, 1.82) is 0 Å². The molecule has 4 rings (SSSR count). The largest absolute Gasteiger partial charge is 0.367 e. The third kappa shape index (κ3) is 5.07. The quantitative estimate of drug-likeness (QED) is 0.594. The van der Waals surface area contributed by atoms with Gasteiger partial charge in [-0.05, 0) is 48.8 Å². The minimum absolute atomic E-state index is 0.135. The molecule has 0 bridgehead atoms. The van der Waals surface area contributed by atoms with E-state index < -0.39 is 49.5 Å². The fourth-order valence-corrected chi connectivity index (χ4v) is 7.08. The van der Waals surface area contributed by atoms with Crippen LogP contribution in [0.2, 0.25) is 0 Å². The number of hydrogen-bond donors (Lipinski definition) is 1. The van der Waals surface area contributed by atoms with Gasteiger partial charge in [0.1, 0.15) is 17.3 Å². The summed E-state index contributed by atoms with van der Waals surface area (Å²) in [7, 11) is -6.56. The summed E-state index contributed by atoms with van der Waals surface area (Å²) >= 11 is 0. The molecule has 1 aromatic rings. The first-order valence-electron chi connectivity index (χ1n) is 10.5. The lowest BCUT2D eigenvalue weighted by Crippen LogP contribution is -2.46. The molecular weight excluding hydrogens is 466 g/mol. The number of amides is 1. The lowest BCUT2D eigenvalue weighted by molar-refractivity contribution is -0.120. The van der Waals surface area contributed by atoms with Gasteiger partial charge in [0.05, 0.1) is 36.3 Å². The highest BCUT2D eigenvalue weighted by Gasteiger charge is 2.40. The van der Waals surface area contributed by atoms with E-state index in [1.54, 1.807) is 4.90 Å². The van der Waals surface area contributed by atoms with E-state index in [1.165, 1.54) is 0 Å². The van der Waals surface area contributed by atoms with E-state index in [2.05, 4.69) is 5.32 Å². The van der Waals surface area contributed by atoms with Crippen LogP contribution in [0.25, 0.3) is 0 Å². The highest BCUT2D eigenvalue weighted by atomic mass is 32.2. The zero-order chi connectivity index (χ0) is 23.3. The maximum absolute atomic E-state index is 14.9. The molecule has 32 heavy (non-hydrogen) atoms. The van der Waals surface area contributed by atoms with Gasteiger partial charge in [-0.1, -0.05) is 0 Å². The van der Waals surface area contributed by atoms with E-state index in [1.807, 2.05) is 0 Å². The van der Waals surface area contributed by atoms with E-state index in [4.69, 9.17) is 4.18 Å². The predicted molar refractivity (Wildman–Crippen MR) is 114 cm³/mol. The zero-order valence-electron chi connectivity index (χ0n) is 17.6. The smallest absolute Gasteiger partial charge is 0.264 e. The van der Waals surface area contributed by atoms with Crippen molar-refractivity contribution in [2.75, 3.05) is 42.4 Å². The number of nitrogens with zero attached hydrogens (tertiary/aromatic N) is 1. The summed E-state index contributed by atoms with van der Waals surface area (Å²) in [6.07, 6.45) is 2.42. The van der Waals surface area contributed by atoms with Gasteiger partial charge in [0.25, 0.3) is 10.1 Å². The van der Waals surface area contributed by atoms with Crippen LogP contribution in [0.15, 0.2) is 12.1 Å². The summed E-state index contributed by atoms with van der Waals surface area (Å²) in [5.74, 6) is -1.96. The number of carbonyl (C=O) groups excluding carboxylic acids is 1. The molecule has 0 aliphatic carbocycles. The summed E-state index contributed by atoms with van der Waals surface area (Å²) < 4.78 is 79.6. The first kappa shape index (κ1) is 23.4. The number of rotatable bonds is 6. The number of carbonyl (C=O) groups is 1. The zero-order valence-corrected chi connectivity index (χ0v) is 19.2. The van der Waals surface area contributed by atoms with Crippen LogP contribution in [0.1, 0.15) is 30.7 Å². The number of hydrogen-bond acceptors (Lipinski definition) is 7. The summed E-state index contributed by atoms with van der Waals surface area (Å²) in [6, 6.07) is 1.75. The molecule has 3 fully saturated rings. The Labute approximate surface area is 186 Å². The van der Waals surface area contributed by atoms with Gasteiger partial charge < -0.3 is 10.2 Å². The van der Waals surface area contributed by atoms with Gasteiger partial charge in [0, 0.05) is 13.1 Å². The molecule has 2 atom stereocenters. The number of sulfone groups is 1. The number of halogens is 2. The van der Waals surface area contributed by atoms with Crippen molar-refractivity contribution in [3.05, 3.63) is 29.3 Å². The van der Waals surface area contributed by atoms with Crippen molar-refractivity contribution < 1.29 is 34.6 Å². The molecule has 3 saturated heterocycles. The minimum Gasteiger partial charge on any atom is -0.367 e. The Bertz CT molecular complexity index is 1080. The average molecular weight is 493 g/mol. The molecule has 0 radical (unpaired) electrons. The van der Waals surface area contributed by atoms with E-state index in [-0.39, 0.29) is 47.6 Å². The molecule has 3 aliphatic rings. The molecule has 0 spiro atoms. The van der Waals surface area contributed by atoms with E-state index in [9.17, 15) is 30.4 Å². The fraction of sp³-hybridized carbons (Fsp3) is 0.650. The van der Waals surface area contributed by atoms with Gasteiger partial charge >= 0.3 is 0 Å². The second kappa shape index (κ2) is 8.53. The summed E-state index contributed by atoms with van der Waals surface area (Å²) in [4.78, 5) is 13.9. The molecule has 3 aliphatic heterocycles. The van der Waals surface area contributed by atoms with Crippen molar-refractivity contribution in [2.45, 2.75) is 31.2 Å². The Morgan fingerprint density at radius 2 is 1.72 bits per heavy atom. The molecule has 178 valence electrons. The molecule has 1 unspecified atom stereocenters. The van der Waals surface area contributed by atoms with Crippen LogP contribution in [-0.4, -0.2) is 66.2 Å². The lowest BCUT2D eigenvalue weighted by atomic mass is 9.85. The standard InChI is InChI=1S/C20H26F2N2O6S2/c1-31(26,27)30-9-15-8-16(20(25)23-15)13-6-17(21)19(18(22)7-13)24-4-2-12(3-5-24)14-10-32(28,29)11-14/h6-7,12,14-16H,2-5,8-11H2,1H3,(H,23,25)/t15?,16-/m1/s1. The molecule has 0 aromatic heterocycles. The maximum Gasteiger partial charge on any atom is 0.264 e. The highest BCUT2D eigenvalue weighted by Crippen LogP contribution is 2.37. The van der Waals surface area contributed by atoms with Gasteiger partial charge in [-0.25, -0.2) is 17.2 Å². The van der Waals surface area contributed by atoms with Crippen LogP contribution in [0, 0.1) is 23.5 Å². The Kier molecular flexibility index (Phi) is 6.23. The third-order valence-corrected chi connectivity index (χ3v) is 9.00. The van der Waals surface area contributed by atoms with Crippen molar-refractivity contribution in [3.63, 3.8) is 0 Å². The molecule has 1 aromatic carbocycles. The minimum atomic E-state index is -3.66. The molecular formula is C20H26F2N2O6S2. The van der Waals surface area contributed by atoms with Gasteiger partial charge in [-0.3, -0.25) is 8.98 Å². The van der Waals surface area contributed by atoms with Crippen molar-refractivity contribution in [2.24, 2.45) is 11.8 Å². The average Bonchev–Trinajstić information content (AvgIpc) is 3.05. The molecule has 0 saturated carbocycles. The maximum atomic E-state index is 14.9. The SMILES string of the molecule is CS(=O)(=O)OCC1C[C@H](c2cc(F)c(N3CCC(C4CS(=O)(=O)C4)CC3)c(F)c2)C(=O)N1. The molecule has 12 heteroatoms. The molecule has 3 heterocycles. The summed E-state index contributed by atoms with van der Waals surface area (Å²) in [6.45, 7) is 0.633. The summed E-state index contributed by atoms with van der Waals surface area (Å²) in [5, 5.41) is 2.60. The van der Waals surface area contributed by atoms with Gasteiger partial charge in [-0.2, -0.15) is 8.42 Å². The van der Waals surface area contributed by atoms with E-state index >= 15 is 0 Å². The van der Waals surface area contributed by atoms with Gasteiger partial charge in [0.2, 0.25) is 5.91 Å². The van der Waals surface area contributed by atoms with Gasteiger partial charge in [-0.15, -0.1) is 0 Å². The molecule has 1 N–H and O–H groups in total. The monoisotopic (exact) mass is 492 g/mol. The number of benzene rings is 1. The van der Waals surface area contributed by atoms with Crippen molar-refractivity contribution >= 4 is 31.5 Å². The molecule has 1 amide bonds. The summed E-state index contributed by atoms with van der Waals surface area (Å²) in [5.41, 5.74) is 0.0569. The normalized spacial score (nSPS) is 26.7. The second-order valence-electron chi connectivity index (χ2n) is 8.98. The van der Waals surface area contributed by atoms with Crippen LogP contribution in [0.3, 0.4) is 0 Å². The highest BCUT2D eigenvalue weighted by molar-refractivity contribution is 7.92. The van der Waals surface area contributed by atoms with E-state index in [0.717, 1.165) is 18.4 Å². The predicted octanol–water partition coefficient (Wildman–Crippen LogP) is 1.17. The van der Waals surface area contributed by atoms with Crippen LogP contribution in [0.4, 0.5) is 14.5 Å². The van der Waals surface area contributed by atoms with Crippen LogP contribution in [0.5, 0.6) is 0 Å². The van der Waals surface area contributed by atoms with Crippen molar-refractivity contribution in [1.82, 2.24) is 5.32 Å². The number of nitrogens with one attached hydrogen (secondary N) is 1. The molecule has 8 nitrogen and oxygen atoms in total. The van der Waals surface area contributed by atoms with Crippen LogP contribution >= 0.6 is 0 Å². The lowest BCUT2D eigenvalue weighted by Gasteiger charge is -2.40. The Morgan fingerprint density at radius 3 is 2.25 bits per heavy atom. The topological polar surface area (TPSA) is 110 Å².